The number of likely N-dealkylation sites (N-methyl/N-ethyl adjacent to an activating group) is 1. The maximum Gasteiger partial charge on any atom is 0.118 e. The molecular formula is C16H23N3O. The summed E-state index contributed by atoms with van der Waals surface area (Å²) in [5, 5.41) is 3.56. The first-order valence-electron chi connectivity index (χ1n) is 7.04. The number of imidazole rings is 1. The molecule has 1 N–H and O–H groups in total. The normalized spacial score (nSPS) is 14.0. The Morgan fingerprint density at radius 1 is 1.30 bits per heavy atom. The number of hydrogen-bond donors (Lipinski definition) is 1. The monoisotopic (exact) mass is 273 g/mol. The first-order valence-corrected chi connectivity index (χ1v) is 7.04. The van der Waals surface area contributed by atoms with Gasteiger partial charge in [-0.05, 0) is 38.1 Å². The predicted octanol–water partition coefficient (Wildman–Crippen LogP) is 3.11. The maximum atomic E-state index is 5.23. The molecule has 1 aromatic carbocycles. The highest BCUT2D eigenvalue weighted by Crippen LogP contribution is 2.28. The number of nitrogens with one attached hydrogen (secondary N) is 1. The Morgan fingerprint density at radius 3 is 2.50 bits per heavy atom. The number of rotatable bonds is 6. The lowest BCUT2D eigenvalue weighted by molar-refractivity contribution is 0.379. The van der Waals surface area contributed by atoms with Crippen molar-refractivity contribution in [1.29, 1.82) is 0 Å². The van der Waals surface area contributed by atoms with Gasteiger partial charge in [0.1, 0.15) is 11.6 Å². The third-order valence-electron chi connectivity index (χ3n) is 3.68. The minimum absolute atomic E-state index is 0.249. The largest absolute Gasteiger partial charge is 0.497 e. The molecule has 0 spiro atoms. The minimum atomic E-state index is 0.249. The van der Waals surface area contributed by atoms with E-state index in [1.165, 1.54) is 5.56 Å². The predicted molar refractivity (Wildman–Crippen MR) is 81.1 cm³/mol. The standard InChI is InChI=1S/C16H23N3O/c1-5-17-16(12(2)19-11-10-18-13(19)3)14-6-8-15(20-4)9-7-14/h6-12,16-17H,5H2,1-4H3. The van der Waals surface area contributed by atoms with Gasteiger partial charge in [0.05, 0.1) is 19.2 Å². The van der Waals surface area contributed by atoms with Crippen LogP contribution in [0.4, 0.5) is 0 Å². The maximum absolute atomic E-state index is 5.23. The molecule has 0 bridgehead atoms. The third-order valence-corrected chi connectivity index (χ3v) is 3.68. The van der Waals surface area contributed by atoms with E-state index in [0.717, 1.165) is 18.1 Å². The van der Waals surface area contributed by atoms with Gasteiger partial charge in [-0.2, -0.15) is 0 Å². The first kappa shape index (κ1) is 14.6. The molecule has 1 heterocycles. The Kier molecular flexibility index (Phi) is 4.79. The van der Waals surface area contributed by atoms with Crippen molar-refractivity contribution in [1.82, 2.24) is 14.9 Å². The van der Waals surface area contributed by atoms with Crippen molar-refractivity contribution in [2.75, 3.05) is 13.7 Å². The zero-order valence-corrected chi connectivity index (χ0v) is 12.6. The lowest BCUT2D eigenvalue weighted by atomic mass is 10.00. The average molecular weight is 273 g/mol. The van der Waals surface area contributed by atoms with Gasteiger partial charge < -0.3 is 14.6 Å². The van der Waals surface area contributed by atoms with Gasteiger partial charge in [-0.3, -0.25) is 0 Å². The molecule has 2 rings (SSSR count). The second-order valence-electron chi connectivity index (χ2n) is 4.93. The van der Waals surface area contributed by atoms with E-state index in [9.17, 15) is 0 Å². The van der Waals surface area contributed by atoms with Crippen molar-refractivity contribution in [2.24, 2.45) is 0 Å². The fourth-order valence-electron chi connectivity index (χ4n) is 2.58. The zero-order valence-electron chi connectivity index (χ0n) is 12.6. The SMILES string of the molecule is CCNC(c1ccc(OC)cc1)C(C)n1ccnc1C. The molecule has 2 atom stereocenters. The summed E-state index contributed by atoms with van der Waals surface area (Å²) < 4.78 is 7.43. The number of nitrogens with zero attached hydrogens (tertiary/aromatic N) is 2. The van der Waals surface area contributed by atoms with E-state index in [4.69, 9.17) is 4.74 Å². The molecule has 108 valence electrons. The average Bonchev–Trinajstić information content (AvgIpc) is 2.90. The van der Waals surface area contributed by atoms with Crippen LogP contribution in [0, 0.1) is 6.92 Å². The zero-order chi connectivity index (χ0) is 14.5. The Morgan fingerprint density at radius 2 is 2.00 bits per heavy atom. The molecular weight excluding hydrogens is 250 g/mol. The molecule has 20 heavy (non-hydrogen) atoms. The van der Waals surface area contributed by atoms with E-state index in [1.807, 2.05) is 31.5 Å². The van der Waals surface area contributed by atoms with Gasteiger partial charge in [0.25, 0.3) is 0 Å². The van der Waals surface area contributed by atoms with Gasteiger partial charge in [0.2, 0.25) is 0 Å². The van der Waals surface area contributed by atoms with E-state index in [1.54, 1.807) is 7.11 Å². The Balaban J connectivity index is 2.27. The molecule has 0 radical (unpaired) electrons. The topological polar surface area (TPSA) is 39.1 Å². The Labute approximate surface area is 120 Å². The van der Waals surface area contributed by atoms with Crippen LogP contribution in [0.15, 0.2) is 36.7 Å². The van der Waals surface area contributed by atoms with Gasteiger partial charge in [-0.25, -0.2) is 4.98 Å². The molecule has 4 heteroatoms. The van der Waals surface area contributed by atoms with E-state index < -0.39 is 0 Å². The lowest BCUT2D eigenvalue weighted by Gasteiger charge is -2.27. The summed E-state index contributed by atoms with van der Waals surface area (Å²) in [7, 11) is 1.69. The smallest absolute Gasteiger partial charge is 0.118 e. The molecule has 2 aromatic rings. The number of methoxy groups -OCH3 is 1. The van der Waals surface area contributed by atoms with Crippen LogP contribution in [0.3, 0.4) is 0 Å². The van der Waals surface area contributed by atoms with Crippen LogP contribution in [-0.4, -0.2) is 23.2 Å². The highest BCUT2D eigenvalue weighted by Gasteiger charge is 2.20. The second kappa shape index (κ2) is 6.57. The van der Waals surface area contributed by atoms with E-state index in [-0.39, 0.29) is 6.04 Å². The molecule has 0 fully saturated rings. The fraction of sp³-hybridized carbons (Fsp3) is 0.438. The molecule has 0 amide bonds. The van der Waals surface area contributed by atoms with Crippen LogP contribution >= 0.6 is 0 Å². The molecule has 2 unspecified atom stereocenters. The summed E-state index contributed by atoms with van der Waals surface area (Å²) in [6.07, 6.45) is 3.89. The highest BCUT2D eigenvalue weighted by molar-refractivity contribution is 5.29. The number of hydrogen-bond acceptors (Lipinski definition) is 3. The van der Waals surface area contributed by atoms with Gasteiger partial charge in [-0.1, -0.05) is 19.1 Å². The lowest BCUT2D eigenvalue weighted by Crippen LogP contribution is -2.29. The van der Waals surface area contributed by atoms with Crippen molar-refractivity contribution in [3.63, 3.8) is 0 Å². The van der Waals surface area contributed by atoms with Crippen molar-refractivity contribution in [3.8, 4) is 5.75 Å². The van der Waals surface area contributed by atoms with E-state index >= 15 is 0 Å². The van der Waals surface area contributed by atoms with Gasteiger partial charge in [-0.15, -0.1) is 0 Å². The Bertz CT molecular complexity index is 533. The summed E-state index contributed by atoms with van der Waals surface area (Å²) in [6.45, 7) is 7.30. The van der Waals surface area contributed by atoms with Gasteiger partial charge in [0.15, 0.2) is 0 Å². The number of aromatic nitrogens is 2. The number of benzene rings is 1. The van der Waals surface area contributed by atoms with Crippen molar-refractivity contribution in [2.45, 2.75) is 32.9 Å². The Hall–Kier alpha value is -1.81. The molecule has 0 saturated carbocycles. The summed E-state index contributed by atoms with van der Waals surface area (Å²) >= 11 is 0. The van der Waals surface area contributed by atoms with Crippen molar-refractivity contribution in [3.05, 3.63) is 48.0 Å². The third kappa shape index (κ3) is 3.02. The molecule has 1 aromatic heterocycles. The minimum Gasteiger partial charge on any atom is -0.497 e. The summed E-state index contributed by atoms with van der Waals surface area (Å²) in [6, 6.07) is 8.80. The molecule has 4 nitrogen and oxygen atoms in total. The van der Waals surface area contributed by atoms with Crippen LogP contribution in [0.1, 0.15) is 37.3 Å². The summed E-state index contributed by atoms with van der Waals surface area (Å²) in [5.41, 5.74) is 1.26. The van der Waals surface area contributed by atoms with E-state index in [0.29, 0.717) is 6.04 Å². The van der Waals surface area contributed by atoms with Gasteiger partial charge >= 0.3 is 0 Å². The quantitative estimate of drug-likeness (QED) is 0.879. The summed E-state index contributed by atoms with van der Waals surface area (Å²) in [4.78, 5) is 4.32. The second-order valence-corrected chi connectivity index (χ2v) is 4.93. The first-order chi connectivity index (χ1) is 9.67. The highest BCUT2D eigenvalue weighted by atomic mass is 16.5. The summed E-state index contributed by atoms with van der Waals surface area (Å²) in [5.74, 6) is 1.92. The van der Waals surface area contributed by atoms with Crippen LogP contribution in [0.5, 0.6) is 5.75 Å². The molecule has 0 aliphatic rings. The van der Waals surface area contributed by atoms with Crippen LogP contribution in [-0.2, 0) is 0 Å². The van der Waals surface area contributed by atoms with Gasteiger partial charge in [0, 0.05) is 12.4 Å². The van der Waals surface area contributed by atoms with Crippen molar-refractivity contribution < 1.29 is 4.74 Å². The fourth-order valence-corrected chi connectivity index (χ4v) is 2.58. The number of ether oxygens (including phenoxy) is 1. The van der Waals surface area contributed by atoms with Crippen LogP contribution in [0.25, 0.3) is 0 Å². The van der Waals surface area contributed by atoms with E-state index in [2.05, 4.69) is 40.8 Å². The van der Waals surface area contributed by atoms with Crippen LogP contribution in [0.2, 0.25) is 0 Å². The van der Waals surface area contributed by atoms with Crippen molar-refractivity contribution >= 4 is 0 Å². The molecule has 0 aliphatic carbocycles. The molecule has 0 aliphatic heterocycles. The molecule has 0 saturated heterocycles. The van der Waals surface area contributed by atoms with Crippen LogP contribution < -0.4 is 10.1 Å². The number of aryl methyl sites for hydroxylation is 1.